The van der Waals surface area contributed by atoms with E-state index in [2.05, 4.69) is 42.5 Å². The summed E-state index contributed by atoms with van der Waals surface area (Å²) in [6, 6.07) is -6.15. The SMILES string of the molecule is CCCCC[C@@H](NC(=O)NCCCC(=O)O)C(=O)O.NCCCC[C@@H](NC(=O)NCCCC(=O)O)C(=O)O.NCCCC[C@H](NC(=O)NCCCC(=O)O)C(=O)O.NCCCC[C@H](NC(=O)NCCCC(=O)O)C(=O)O.O=C=O.O=C=O.O=C=O.O=C=O. The second-order valence-electron chi connectivity index (χ2n) is 16.8. The van der Waals surface area contributed by atoms with Crippen molar-refractivity contribution in [2.75, 3.05) is 45.8 Å². The highest BCUT2D eigenvalue weighted by molar-refractivity contribution is 5.84. The van der Waals surface area contributed by atoms with Crippen LogP contribution in [-0.4, -0.2) is 207 Å². The first kappa shape index (κ1) is 94.6. The minimum Gasteiger partial charge on any atom is -0.481 e. The number of unbranched alkanes of at least 4 members (excludes halogenated alkanes) is 5. The number of nitrogens with one attached hydrogen (secondary N) is 8. The fraction of sp³-hybridized carbons (Fsp3) is 0.673. The normalized spacial score (nSPS) is 10.4. The molecule has 8 amide bonds. The molecule has 0 aliphatic rings. The van der Waals surface area contributed by atoms with Crippen molar-refractivity contribution >= 4 is 96.5 Å². The van der Waals surface area contributed by atoms with Gasteiger partial charge in [0.15, 0.2) is 0 Å². The second-order valence-corrected chi connectivity index (χ2v) is 16.8. The van der Waals surface area contributed by atoms with Crippen LogP contribution in [0.15, 0.2) is 0 Å². The highest BCUT2D eigenvalue weighted by atomic mass is 16.4. The van der Waals surface area contributed by atoms with Crippen LogP contribution in [0.4, 0.5) is 19.2 Å². The van der Waals surface area contributed by atoms with Crippen LogP contribution in [0.25, 0.3) is 0 Å². The number of carboxylic acids is 8. The Kier molecular flexibility index (Phi) is 78.9. The molecule has 0 radical (unpaired) electrons. The maximum absolute atomic E-state index is 11.4. The number of hydrogen-bond acceptors (Lipinski definition) is 23. The van der Waals surface area contributed by atoms with Crippen molar-refractivity contribution in [2.45, 2.75) is 166 Å². The molecule has 39 nitrogen and oxygen atoms in total. The molecular formula is C49H85N11O28. The van der Waals surface area contributed by atoms with Crippen LogP contribution in [0.2, 0.25) is 0 Å². The van der Waals surface area contributed by atoms with Gasteiger partial charge >= 0.3 is 96.5 Å². The van der Waals surface area contributed by atoms with E-state index in [-0.39, 0.29) is 76.5 Å². The summed E-state index contributed by atoms with van der Waals surface area (Å²) in [6.07, 6.45) is 9.99. The molecule has 504 valence electrons. The van der Waals surface area contributed by atoms with Gasteiger partial charge in [0, 0.05) is 51.9 Å². The van der Waals surface area contributed by atoms with E-state index in [0.717, 1.165) is 19.3 Å². The first-order valence-electron chi connectivity index (χ1n) is 26.6. The van der Waals surface area contributed by atoms with Gasteiger partial charge in [-0.25, -0.2) is 38.4 Å². The van der Waals surface area contributed by atoms with Crippen LogP contribution in [0.3, 0.4) is 0 Å². The molecular weight excluding hydrogens is 1190 g/mol. The van der Waals surface area contributed by atoms with Gasteiger partial charge in [0.1, 0.15) is 24.2 Å². The Morgan fingerprint density at radius 2 is 0.477 bits per heavy atom. The minimum absolute atomic E-state index is 0.0286. The monoisotopic (exact) mass is 1280 g/mol. The highest BCUT2D eigenvalue weighted by Gasteiger charge is 2.22. The van der Waals surface area contributed by atoms with Gasteiger partial charge in [-0.05, 0) is 110 Å². The molecule has 22 N–H and O–H groups in total. The lowest BCUT2D eigenvalue weighted by molar-refractivity contribution is -0.193. The van der Waals surface area contributed by atoms with Crippen LogP contribution in [0.1, 0.15) is 142 Å². The van der Waals surface area contributed by atoms with Crippen molar-refractivity contribution in [1.29, 1.82) is 0 Å². The molecule has 0 aromatic heterocycles. The summed E-state index contributed by atoms with van der Waals surface area (Å²) in [6.45, 7) is 4.22. The van der Waals surface area contributed by atoms with Gasteiger partial charge in [-0.2, -0.15) is 38.4 Å². The molecule has 0 rings (SSSR count). The van der Waals surface area contributed by atoms with E-state index in [9.17, 15) is 57.5 Å². The number of nitrogens with two attached hydrogens (primary N) is 3. The maximum Gasteiger partial charge on any atom is 0.373 e. The molecule has 0 aromatic rings. The van der Waals surface area contributed by atoms with Gasteiger partial charge in [-0.3, -0.25) is 19.2 Å². The summed E-state index contributed by atoms with van der Waals surface area (Å²) >= 11 is 0. The number of urea groups is 4. The van der Waals surface area contributed by atoms with Crippen molar-refractivity contribution in [3.05, 3.63) is 0 Å². The topological polar surface area (TPSA) is 678 Å². The summed E-state index contributed by atoms with van der Waals surface area (Å²) in [4.78, 5) is 195. The zero-order chi connectivity index (χ0) is 69.5. The molecule has 0 fully saturated rings. The molecule has 0 aromatic carbocycles. The number of carbonyl (C=O) groups excluding carboxylic acids is 12. The van der Waals surface area contributed by atoms with Gasteiger partial charge in [0.2, 0.25) is 0 Å². The van der Waals surface area contributed by atoms with Gasteiger partial charge < -0.3 is 101 Å². The quantitative estimate of drug-likeness (QED) is 0.0296. The third kappa shape index (κ3) is 87.5. The van der Waals surface area contributed by atoms with Gasteiger partial charge in [-0.15, -0.1) is 0 Å². The first-order chi connectivity index (χ1) is 41.5. The van der Waals surface area contributed by atoms with E-state index in [0.29, 0.717) is 110 Å². The van der Waals surface area contributed by atoms with E-state index >= 15 is 0 Å². The summed E-state index contributed by atoms with van der Waals surface area (Å²) in [5.41, 5.74) is 15.9. The molecule has 88 heavy (non-hydrogen) atoms. The molecule has 4 atom stereocenters. The van der Waals surface area contributed by atoms with Crippen LogP contribution in [0.5, 0.6) is 0 Å². The molecule has 39 heteroatoms. The van der Waals surface area contributed by atoms with Crippen LogP contribution in [0, 0.1) is 0 Å². The minimum atomic E-state index is -1.10. The molecule has 0 bridgehead atoms. The van der Waals surface area contributed by atoms with E-state index in [1.165, 1.54) is 0 Å². The molecule has 0 saturated heterocycles. The number of aliphatic carboxylic acids is 8. The van der Waals surface area contributed by atoms with E-state index in [4.69, 9.17) is 96.4 Å². The summed E-state index contributed by atoms with van der Waals surface area (Å²) < 4.78 is 0. The lowest BCUT2D eigenvalue weighted by Gasteiger charge is -2.14. The average Bonchev–Trinajstić information content (AvgIpc) is 3.43. The van der Waals surface area contributed by atoms with Crippen LogP contribution >= 0.6 is 0 Å². The highest BCUT2D eigenvalue weighted by Crippen LogP contribution is 2.05. The van der Waals surface area contributed by atoms with Crippen molar-refractivity contribution in [3.63, 3.8) is 0 Å². The van der Waals surface area contributed by atoms with Crippen molar-refractivity contribution < 1.29 is 137 Å². The van der Waals surface area contributed by atoms with Crippen molar-refractivity contribution in [3.8, 4) is 0 Å². The predicted octanol–water partition coefficient (Wildman–Crippen LogP) is -1.95. The lowest BCUT2D eigenvalue weighted by Crippen LogP contribution is -2.46. The standard InChI is InChI=1S/C12H22N2O5.3C11H21N3O5.4CO2/c1-2-3-4-6-9(11(17)18)14-12(19)13-8-5-7-10(15)16;3*12-6-2-1-4-8(10(17)18)14-11(19)13-7-3-5-9(15)16;4*2-1-3/h9H,2-8H2,1H3,(H,15,16)(H,17,18)(H2,13,14,19);3*8H,1-7,12H2,(H,15,16)(H,17,18)(H2,13,14,19);;;;/t9-;3*8-;;;;/m1100..../s1. The summed E-state index contributed by atoms with van der Waals surface area (Å²) in [7, 11) is 0. The fourth-order valence-corrected chi connectivity index (χ4v) is 5.71. The molecule has 0 heterocycles. The molecule has 0 aliphatic heterocycles. The average molecular weight is 1280 g/mol. The molecule has 0 aliphatic carbocycles. The van der Waals surface area contributed by atoms with E-state index < -0.39 is 96.0 Å². The third-order valence-corrected chi connectivity index (χ3v) is 9.76. The lowest BCUT2D eigenvalue weighted by atomic mass is 10.1. The van der Waals surface area contributed by atoms with E-state index in [1.54, 1.807) is 0 Å². The Labute approximate surface area is 503 Å². The predicted molar refractivity (Wildman–Crippen MR) is 292 cm³/mol. The Morgan fingerprint density at radius 1 is 0.307 bits per heavy atom. The van der Waals surface area contributed by atoms with Crippen LogP contribution in [-0.2, 0) is 76.7 Å². The number of carboxylic acid groups (broad SMARTS) is 8. The molecule has 0 saturated carbocycles. The smallest absolute Gasteiger partial charge is 0.373 e. The zero-order valence-corrected chi connectivity index (χ0v) is 48.6. The van der Waals surface area contributed by atoms with Gasteiger partial charge in [-0.1, -0.05) is 26.2 Å². The maximum atomic E-state index is 11.4. The number of hydrogen-bond donors (Lipinski definition) is 19. The van der Waals surface area contributed by atoms with Crippen LogP contribution < -0.4 is 59.7 Å². The van der Waals surface area contributed by atoms with Crippen molar-refractivity contribution in [2.24, 2.45) is 17.2 Å². The number of rotatable bonds is 40. The number of carbonyl (C=O) groups is 12. The Bertz CT molecular complexity index is 1810. The fourth-order valence-electron chi connectivity index (χ4n) is 5.71. The Hall–Kier alpha value is -9.76. The third-order valence-electron chi connectivity index (χ3n) is 9.76. The Balaban J connectivity index is -0.000000152. The molecule has 0 spiro atoms. The number of amides is 8. The molecule has 0 unspecified atom stereocenters. The summed E-state index contributed by atoms with van der Waals surface area (Å²) in [5, 5.41) is 88.3. The van der Waals surface area contributed by atoms with Crippen molar-refractivity contribution in [1.82, 2.24) is 42.5 Å². The largest absolute Gasteiger partial charge is 0.481 e. The van der Waals surface area contributed by atoms with E-state index in [1.807, 2.05) is 6.92 Å². The first-order valence-corrected chi connectivity index (χ1v) is 26.6. The van der Waals surface area contributed by atoms with Gasteiger partial charge in [0.05, 0.1) is 0 Å². The van der Waals surface area contributed by atoms with Gasteiger partial charge in [0.25, 0.3) is 0 Å². The summed E-state index contributed by atoms with van der Waals surface area (Å²) in [5.74, 6) is -8.10. The zero-order valence-electron chi connectivity index (χ0n) is 48.6. The Morgan fingerprint density at radius 3 is 0.614 bits per heavy atom. The second kappa shape index (κ2) is 73.3.